The number of nitrogens with zero attached hydrogens (tertiary/aromatic N) is 2. The highest BCUT2D eigenvalue weighted by Crippen LogP contribution is 1.99. The van der Waals surface area contributed by atoms with Gasteiger partial charge in [-0.25, -0.2) is 0 Å². The van der Waals surface area contributed by atoms with Gasteiger partial charge in [-0.1, -0.05) is 0 Å². The molecule has 0 rings (SSSR count). The van der Waals surface area contributed by atoms with E-state index in [2.05, 4.69) is 34.7 Å². The van der Waals surface area contributed by atoms with Gasteiger partial charge in [0.2, 0.25) is 0 Å². The second kappa shape index (κ2) is 3.96. The van der Waals surface area contributed by atoms with E-state index in [1.807, 2.05) is 12.5 Å². The molecule has 58 valence electrons. The lowest BCUT2D eigenvalue weighted by Gasteiger charge is -2.02. The van der Waals surface area contributed by atoms with Crippen molar-refractivity contribution in [3.63, 3.8) is 0 Å². The van der Waals surface area contributed by atoms with E-state index in [1.165, 1.54) is 0 Å². The monoisotopic (exact) mass is 175 g/mol. The molecule has 0 aliphatic rings. The van der Waals surface area contributed by atoms with Crippen LogP contribution in [-0.4, -0.2) is 26.8 Å². The Morgan fingerprint density at radius 2 is 1.70 bits per heavy atom. The molecule has 0 spiro atoms. The first-order valence-electron chi connectivity index (χ1n) is 3.17. The summed E-state index contributed by atoms with van der Waals surface area (Å²) in [5.41, 5.74) is 0. The first-order chi connectivity index (χ1) is 4.42. The van der Waals surface area contributed by atoms with Gasteiger partial charge in [0.25, 0.3) is 0 Å². The van der Waals surface area contributed by atoms with E-state index < -0.39 is 8.24 Å². The highest BCUT2D eigenvalue weighted by Gasteiger charge is 2.09. The summed E-state index contributed by atoms with van der Waals surface area (Å²) in [4.78, 5) is 0. The third kappa shape index (κ3) is 7.95. The molecule has 0 saturated carbocycles. The van der Waals surface area contributed by atoms with Gasteiger partial charge in [0.1, 0.15) is 29.6 Å². The van der Waals surface area contributed by atoms with Gasteiger partial charge in [0.15, 0.2) is 8.24 Å². The van der Waals surface area contributed by atoms with Gasteiger partial charge in [-0.3, -0.25) is 4.66 Å². The van der Waals surface area contributed by atoms with Crippen molar-refractivity contribution in [2.45, 2.75) is 19.6 Å². The lowest BCUT2D eigenvalue weighted by Crippen LogP contribution is -2.15. The molecule has 0 aliphatic heterocycles. The van der Waals surface area contributed by atoms with Gasteiger partial charge in [-0.05, 0) is 19.6 Å². The fourth-order valence-corrected chi connectivity index (χ4v) is 0.879. The lowest BCUT2D eigenvalue weighted by atomic mass is 11.6. The topological polar surface area (TPSA) is 24.7 Å². The highest BCUT2D eigenvalue weighted by atomic mass is 32.2. The zero-order chi connectivity index (χ0) is 8.20. The Kier molecular flexibility index (Phi) is 3.94. The minimum Gasteiger partial charge on any atom is -0.263 e. The first kappa shape index (κ1) is 9.95. The zero-order valence-electron chi connectivity index (χ0n) is 7.30. The van der Waals surface area contributed by atoms with Gasteiger partial charge in [-0.15, -0.1) is 0 Å². The Morgan fingerprint density at radius 1 is 1.20 bits per heavy atom. The van der Waals surface area contributed by atoms with Gasteiger partial charge < -0.3 is 0 Å². The number of hydrogen-bond acceptors (Lipinski definition) is 2. The summed E-state index contributed by atoms with van der Waals surface area (Å²) in [6.07, 6.45) is 4.10. The van der Waals surface area contributed by atoms with Gasteiger partial charge in [0, 0.05) is 4.40 Å². The summed E-state index contributed by atoms with van der Waals surface area (Å²) in [6, 6.07) is 2.75. The third-order valence-corrected chi connectivity index (χ3v) is 1.83. The summed E-state index contributed by atoms with van der Waals surface area (Å²) in [5.74, 6) is 0. The summed E-state index contributed by atoms with van der Waals surface area (Å²) < 4.78 is 8.28. The smallest absolute Gasteiger partial charge is 0.186 e. The van der Waals surface area contributed by atoms with Crippen LogP contribution in [0.5, 0.6) is 0 Å². The molecule has 0 aromatic heterocycles. The molecule has 0 atom stereocenters. The van der Waals surface area contributed by atoms with Crippen LogP contribution in [0, 0.1) is 0 Å². The van der Waals surface area contributed by atoms with E-state index >= 15 is 0 Å². The molecular weight excluding hydrogens is 160 g/mol. The van der Waals surface area contributed by atoms with E-state index in [-0.39, 0.29) is 11.1 Å². The molecule has 0 N–H and O–H groups in total. The van der Waals surface area contributed by atoms with Crippen LogP contribution in [-0.2, 0) is 11.1 Å². The Balaban J connectivity index is 3.99. The van der Waals surface area contributed by atoms with E-state index in [4.69, 9.17) is 0 Å². The molecule has 0 aliphatic carbocycles. The second-order valence-corrected chi connectivity index (χ2v) is 9.54. The Morgan fingerprint density at radius 3 is 2.00 bits per heavy atom. The maximum Gasteiger partial charge on any atom is 0.186 e. The summed E-state index contributed by atoms with van der Waals surface area (Å²) in [7, 11) is -1.30. The zero-order valence-corrected chi connectivity index (χ0v) is 9.12. The quantitative estimate of drug-likeness (QED) is 0.347. The van der Waals surface area contributed by atoms with Crippen molar-refractivity contribution in [1.29, 1.82) is 0 Å². The average Bonchev–Trinajstić information content (AvgIpc) is 1.59. The average molecular weight is 175 g/mol. The predicted octanol–water partition coefficient (Wildman–Crippen LogP) is 1.79. The largest absolute Gasteiger partial charge is 0.263 e. The van der Waals surface area contributed by atoms with E-state index in [9.17, 15) is 0 Å². The van der Waals surface area contributed by atoms with Crippen LogP contribution in [0.2, 0.25) is 19.6 Å². The predicted molar refractivity (Wildman–Crippen MR) is 52.4 cm³/mol. The Labute approximate surface area is 67.0 Å². The molecule has 0 fully saturated rings. The van der Waals surface area contributed by atoms with Crippen molar-refractivity contribution in [3.8, 4) is 0 Å². The molecular formula is C6H15N2SSi+. The minimum atomic E-state index is -1.30. The van der Waals surface area contributed by atoms with E-state index in [0.717, 1.165) is 0 Å². The van der Waals surface area contributed by atoms with Crippen LogP contribution in [0.1, 0.15) is 0 Å². The molecule has 0 radical (unpaired) electrons. The number of rotatable bonds is 2. The SMILES string of the molecule is C[S+](C)N=C=N[Si](C)(C)C. The minimum absolute atomic E-state index is 0.0921. The van der Waals surface area contributed by atoms with Crippen LogP contribution in [0.3, 0.4) is 0 Å². The first-order valence-corrected chi connectivity index (χ1v) is 8.62. The maximum absolute atomic E-state index is 4.23. The molecule has 0 aromatic carbocycles. The summed E-state index contributed by atoms with van der Waals surface area (Å²) >= 11 is 0.0921. The number of hydrogen-bond donors (Lipinski definition) is 0. The Bertz CT molecular complexity index is 154. The third-order valence-electron chi connectivity index (χ3n) is 0.609. The molecule has 0 amide bonds. The molecule has 0 bridgehead atoms. The van der Waals surface area contributed by atoms with Crippen molar-refractivity contribution < 1.29 is 0 Å². The Hall–Kier alpha value is -0.0531. The van der Waals surface area contributed by atoms with Crippen molar-refractivity contribution in [2.75, 3.05) is 12.5 Å². The molecule has 2 nitrogen and oxygen atoms in total. The molecule has 4 heteroatoms. The summed E-state index contributed by atoms with van der Waals surface area (Å²) in [6.45, 7) is 6.50. The van der Waals surface area contributed by atoms with E-state index in [1.54, 1.807) is 0 Å². The van der Waals surface area contributed by atoms with Crippen molar-refractivity contribution >= 4 is 25.3 Å². The van der Waals surface area contributed by atoms with Crippen LogP contribution in [0.4, 0.5) is 0 Å². The summed E-state index contributed by atoms with van der Waals surface area (Å²) in [5, 5.41) is 0. The lowest BCUT2D eigenvalue weighted by molar-refractivity contribution is 1.57. The highest BCUT2D eigenvalue weighted by molar-refractivity contribution is 7.94. The standard InChI is InChI=1S/C6H15N2SSi/c1-9(2)7-6-8-10(3,4)5/h1-5H3/q+1. The molecule has 10 heavy (non-hydrogen) atoms. The van der Waals surface area contributed by atoms with Gasteiger partial charge >= 0.3 is 0 Å². The molecule has 0 heterocycles. The van der Waals surface area contributed by atoms with Crippen molar-refractivity contribution in [3.05, 3.63) is 0 Å². The van der Waals surface area contributed by atoms with Crippen molar-refractivity contribution in [1.82, 2.24) is 0 Å². The van der Waals surface area contributed by atoms with Crippen LogP contribution >= 0.6 is 0 Å². The molecule has 0 unspecified atom stereocenters. The van der Waals surface area contributed by atoms with E-state index in [0.29, 0.717) is 0 Å². The second-order valence-electron chi connectivity index (χ2n) is 3.25. The van der Waals surface area contributed by atoms with Crippen LogP contribution in [0.15, 0.2) is 9.06 Å². The molecule has 0 aromatic rings. The van der Waals surface area contributed by atoms with Gasteiger partial charge in [-0.2, -0.15) is 0 Å². The fourth-order valence-electron chi connectivity index (χ4n) is 0.252. The van der Waals surface area contributed by atoms with Crippen molar-refractivity contribution in [2.24, 2.45) is 9.06 Å². The van der Waals surface area contributed by atoms with Gasteiger partial charge in [0.05, 0.1) is 0 Å². The van der Waals surface area contributed by atoms with Crippen LogP contribution in [0.25, 0.3) is 0 Å². The van der Waals surface area contributed by atoms with Crippen LogP contribution < -0.4 is 0 Å². The maximum atomic E-state index is 4.23. The fraction of sp³-hybridized carbons (Fsp3) is 0.833. The molecule has 0 saturated heterocycles. The normalized spacial score (nSPS) is 11.0.